The van der Waals surface area contributed by atoms with Crippen LogP contribution in [0.1, 0.15) is 15.9 Å². The summed E-state index contributed by atoms with van der Waals surface area (Å²) in [6.07, 6.45) is 0.274. The van der Waals surface area contributed by atoms with Gasteiger partial charge in [0.2, 0.25) is 0 Å². The molecule has 0 saturated heterocycles. The molecule has 0 aromatic heterocycles. The first-order valence-electron chi connectivity index (χ1n) is 6.88. The monoisotopic (exact) mass is 317 g/mol. The fraction of sp³-hybridized carbons (Fsp3) is 0.188. The second kappa shape index (κ2) is 5.55. The molecule has 2 aromatic rings. The van der Waals surface area contributed by atoms with Crippen molar-refractivity contribution < 1.29 is 18.3 Å². The number of carbonyl (C=O) groups excluding carboxylic acids is 1. The third kappa shape index (κ3) is 2.30. The van der Waals surface area contributed by atoms with E-state index in [1.165, 1.54) is 12.1 Å². The van der Waals surface area contributed by atoms with Crippen LogP contribution in [-0.4, -0.2) is 36.4 Å². The van der Waals surface area contributed by atoms with Crippen LogP contribution in [0.5, 0.6) is 0 Å². The molecule has 1 aliphatic heterocycles. The van der Waals surface area contributed by atoms with E-state index in [9.17, 15) is 18.3 Å². The Morgan fingerprint density at radius 1 is 1.00 bits per heavy atom. The maximum absolute atomic E-state index is 12.6. The SMILES string of the molecule is O=C1c2ccccc2S(=O)(=O)N1[C@H](CO)Cc1ccccc1. The van der Waals surface area contributed by atoms with E-state index in [0.717, 1.165) is 9.87 Å². The number of hydrogen-bond acceptors (Lipinski definition) is 4. The lowest BCUT2D eigenvalue weighted by Crippen LogP contribution is -2.43. The standard InChI is InChI=1S/C16H15NO4S/c18-11-13(10-12-6-2-1-3-7-12)17-16(19)14-8-4-5-9-15(14)22(17,20)21/h1-9,13,18H,10-11H2/t13-/m0/s1. The third-order valence-corrected chi connectivity index (χ3v) is 5.60. The highest BCUT2D eigenvalue weighted by Crippen LogP contribution is 2.32. The number of rotatable bonds is 4. The Bertz CT molecular complexity index is 802. The molecule has 1 aliphatic rings. The van der Waals surface area contributed by atoms with Crippen molar-refractivity contribution in [2.45, 2.75) is 17.4 Å². The van der Waals surface area contributed by atoms with Gasteiger partial charge in [-0.1, -0.05) is 42.5 Å². The van der Waals surface area contributed by atoms with E-state index in [1.807, 2.05) is 30.3 Å². The highest BCUT2D eigenvalue weighted by Gasteiger charge is 2.44. The zero-order chi connectivity index (χ0) is 15.7. The Balaban J connectivity index is 1.99. The van der Waals surface area contributed by atoms with Gasteiger partial charge in [0.1, 0.15) is 4.90 Å². The Kier molecular flexibility index (Phi) is 3.72. The molecule has 1 amide bonds. The van der Waals surface area contributed by atoms with Crippen LogP contribution in [0.4, 0.5) is 0 Å². The molecule has 1 N–H and O–H groups in total. The van der Waals surface area contributed by atoms with Crippen LogP contribution in [0.25, 0.3) is 0 Å². The lowest BCUT2D eigenvalue weighted by molar-refractivity contribution is 0.0786. The summed E-state index contributed by atoms with van der Waals surface area (Å²) in [6.45, 7) is -0.423. The van der Waals surface area contributed by atoms with Gasteiger partial charge in [-0.25, -0.2) is 12.7 Å². The van der Waals surface area contributed by atoms with Crippen molar-refractivity contribution in [2.24, 2.45) is 0 Å². The molecule has 1 heterocycles. The summed E-state index contributed by atoms with van der Waals surface area (Å²) in [4.78, 5) is 12.4. The molecule has 114 valence electrons. The van der Waals surface area contributed by atoms with Crippen LogP contribution in [0.15, 0.2) is 59.5 Å². The zero-order valence-corrected chi connectivity index (χ0v) is 12.5. The van der Waals surface area contributed by atoms with Gasteiger partial charge in [-0.3, -0.25) is 4.79 Å². The molecule has 0 spiro atoms. The second-order valence-corrected chi connectivity index (χ2v) is 6.91. The van der Waals surface area contributed by atoms with Crippen LogP contribution in [-0.2, 0) is 16.4 Å². The van der Waals surface area contributed by atoms with E-state index >= 15 is 0 Å². The van der Waals surface area contributed by atoms with Crippen LogP contribution in [0, 0.1) is 0 Å². The third-order valence-electron chi connectivity index (χ3n) is 3.71. The number of carbonyl (C=O) groups is 1. The van der Waals surface area contributed by atoms with E-state index in [4.69, 9.17) is 0 Å². The van der Waals surface area contributed by atoms with Gasteiger partial charge < -0.3 is 5.11 Å². The van der Waals surface area contributed by atoms with Gasteiger partial charge in [0.25, 0.3) is 15.9 Å². The van der Waals surface area contributed by atoms with Crippen LogP contribution in [0.2, 0.25) is 0 Å². The molecule has 5 nitrogen and oxygen atoms in total. The molecule has 0 bridgehead atoms. The quantitative estimate of drug-likeness (QED) is 0.926. The Morgan fingerprint density at radius 2 is 1.64 bits per heavy atom. The summed E-state index contributed by atoms with van der Waals surface area (Å²) < 4.78 is 26.0. The number of aliphatic hydroxyl groups is 1. The van der Waals surface area contributed by atoms with Gasteiger partial charge in [-0.05, 0) is 24.1 Å². The Hall–Kier alpha value is -2.18. The number of sulfonamides is 1. The highest BCUT2D eigenvalue weighted by atomic mass is 32.2. The minimum atomic E-state index is -3.90. The van der Waals surface area contributed by atoms with E-state index in [2.05, 4.69) is 0 Å². The molecule has 0 radical (unpaired) electrons. The minimum Gasteiger partial charge on any atom is -0.394 e. The topological polar surface area (TPSA) is 74.7 Å². The van der Waals surface area contributed by atoms with Crippen LogP contribution in [0.3, 0.4) is 0 Å². The fourth-order valence-corrected chi connectivity index (χ4v) is 4.42. The van der Waals surface area contributed by atoms with Crippen molar-refractivity contribution >= 4 is 15.9 Å². The molecule has 3 rings (SSSR count). The molecule has 1 atom stereocenters. The van der Waals surface area contributed by atoms with E-state index in [1.54, 1.807) is 12.1 Å². The lowest BCUT2D eigenvalue weighted by Gasteiger charge is -2.25. The Labute approximate surface area is 128 Å². The molecule has 2 aromatic carbocycles. The highest BCUT2D eigenvalue weighted by molar-refractivity contribution is 7.90. The summed E-state index contributed by atoms with van der Waals surface area (Å²) >= 11 is 0. The average Bonchev–Trinajstić information content (AvgIpc) is 2.74. The molecular weight excluding hydrogens is 302 g/mol. The van der Waals surface area contributed by atoms with Gasteiger partial charge in [0.15, 0.2) is 0 Å². The zero-order valence-electron chi connectivity index (χ0n) is 11.7. The molecule has 22 heavy (non-hydrogen) atoms. The molecule has 0 aliphatic carbocycles. The van der Waals surface area contributed by atoms with Crippen LogP contribution >= 0.6 is 0 Å². The molecular formula is C16H15NO4S. The smallest absolute Gasteiger partial charge is 0.269 e. The number of fused-ring (bicyclic) bond motifs is 1. The molecule has 6 heteroatoms. The van der Waals surface area contributed by atoms with Gasteiger partial charge in [0, 0.05) is 0 Å². The van der Waals surface area contributed by atoms with Gasteiger partial charge in [0.05, 0.1) is 18.2 Å². The first-order chi connectivity index (χ1) is 10.6. The number of amides is 1. The molecule has 0 saturated carbocycles. The van der Waals surface area contributed by atoms with Crippen molar-refractivity contribution in [1.29, 1.82) is 0 Å². The average molecular weight is 317 g/mol. The summed E-state index contributed by atoms with van der Waals surface area (Å²) in [5.41, 5.74) is 1.02. The van der Waals surface area contributed by atoms with E-state index in [0.29, 0.717) is 0 Å². The summed E-state index contributed by atoms with van der Waals surface area (Å²) in [7, 11) is -3.90. The largest absolute Gasteiger partial charge is 0.394 e. The number of benzene rings is 2. The first kappa shape index (κ1) is 14.7. The van der Waals surface area contributed by atoms with Crippen molar-refractivity contribution in [2.75, 3.05) is 6.61 Å². The van der Waals surface area contributed by atoms with E-state index < -0.39 is 28.6 Å². The number of nitrogens with zero attached hydrogens (tertiary/aromatic N) is 1. The maximum Gasteiger partial charge on any atom is 0.269 e. The molecule has 0 unspecified atom stereocenters. The normalized spacial score (nSPS) is 17.3. The van der Waals surface area contributed by atoms with Crippen molar-refractivity contribution in [3.05, 3.63) is 65.7 Å². The van der Waals surface area contributed by atoms with Gasteiger partial charge >= 0.3 is 0 Å². The first-order valence-corrected chi connectivity index (χ1v) is 8.32. The second-order valence-electron chi connectivity index (χ2n) is 5.13. The summed E-state index contributed by atoms with van der Waals surface area (Å²) in [5, 5.41) is 9.62. The predicted molar refractivity (Wildman–Crippen MR) is 80.8 cm³/mol. The maximum atomic E-state index is 12.6. The summed E-state index contributed by atoms with van der Waals surface area (Å²) in [5.74, 6) is -0.578. The van der Waals surface area contributed by atoms with Crippen LogP contribution < -0.4 is 0 Å². The molecule has 0 fully saturated rings. The number of hydrogen-bond donors (Lipinski definition) is 1. The van der Waals surface area contributed by atoms with Crippen molar-refractivity contribution in [1.82, 2.24) is 4.31 Å². The van der Waals surface area contributed by atoms with Crippen molar-refractivity contribution in [3.8, 4) is 0 Å². The Morgan fingerprint density at radius 3 is 2.27 bits per heavy atom. The minimum absolute atomic E-state index is 0.00603. The van der Waals surface area contributed by atoms with Crippen molar-refractivity contribution in [3.63, 3.8) is 0 Å². The van der Waals surface area contributed by atoms with E-state index in [-0.39, 0.29) is 16.9 Å². The fourth-order valence-electron chi connectivity index (χ4n) is 2.67. The summed E-state index contributed by atoms with van der Waals surface area (Å²) in [6, 6.07) is 14.5. The van der Waals surface area contributed by atoms with Gasteiger partial charge in [-0.2, -0.15) is 0 Å². The van der Waals surface area contributed by atoms with Gasteiger partial charge in [-0.15, -0.1) is 0 Å². The predicted octanol–water partition coefficient (Wildman–Crippen LogP) is 1.43. The number of aliphatic hydroxyl groups excluding tert-OH is 1. The lowest BCUT2D eigenvalue weighted by atomic mass is 10.1.